The van der Waals surface area contributed by atoms with Crippen LogP contribution < -0.4 is 20.7 Å². The Hall–Kier alpha value is -4.17. The molecule has 4 saturated carbocycles. The number of aliphatic hydroxyl groups is 2. The molecular weight excluding hydrogens is 887 g/mol. The highest BCUT2D eigenvalue weighted by Gasteiger charge is 2.80. The molecule has 338 valence electrons. The number of hydrogen-bond donors (Lipinski definition) is 6. The third kappa shape index (κ3) is 7.79. The number of carbonyl (C=O) groups is 6. The highest BCUT2D eigenvalue weighted by atomic mass is 79.9. The number of aliphatic hydroxyl groups excluding tert-OH is 2. The van der Waals surface area contributed by atoms with Crippen molar-refractivity contribution in [1.29, 1.82) is 0 Å². The van der Waals surface area contributed by atoms with Crippen molar-refractivity contribution in [1.82, 2.24) is 16.0 Å². The molecule has 19 heteroatoms. The number of allylic oxidation sites excluding steroid dienone is 4. The van der Waals surface area contributed by atoms with E-state index in [-0.39, 0.29) is 66.5 Å². The number of rotatable bonds is 14. The zero-order valence-corrected chi connectivity index (χ0v) is 35.8. The van der Waals surface area contributed by atoms with E-state index in [0.717, 1.165) is 12.1 Å². The molecule has 7 rings (SSSR count). The Morgan fingerprint density at radius 1 is 1.06 bits per heavy atom. The maximum Gasteiger partial charge on any atom is 0.303 e. The number of alkyl halides is 3. The summed E-state index contributed by atoms with van der Waals surface area (Å²) in [6.45, 7) is 1.73. The summed E-state index contributed by atoms with van der Waals surface area (Å²) in [6.07, 6.45) is -2.17. The van der Waals surface area contributed by atoms with E-state index in [4.69, 9.17) is 19.3 Å². The van der Waals surface area contributed by atoms with Crippen LogP contribution in [-0.2, 0) is 38.2 Å². The monoisotopic (exact) mass is 937 g/mol. The lowest BCUT2D eigenvalue weighted by molar-refractivity contribution is -0.235. The van der Waals surface area contributed by atoms with Gasteiger partial charge in [0.1, 0.15) is 30.4 Å². The highest BCUT2D eigenvalue weighted by molar-refractivity contribution is 9.09. The molecule has 0 spiro atoms. The van der Waals surface area contributed by atoms with Crippen LogP contribution in [0, 0.1) is 28.5 Å². The topological polar surface area (TPSA) is 227 Å². The Labute approximate surface area is 363 Å². The summed E-state index contributed by atoms with van der Waals surface area (Å²) in [5.41, 5.74) is -7.50. The summed E-state index contributed by atoms with van der Waals surface area (Å²) >= 11 is 2.97. The molecule has 0 bridgehead atoms. The van der Waals surface area contributed by atoms with E-state index >= 15 is 13.2 Å². The maximum absolute atomic E-state index is 17.7. The van der Waals surface area contributed by atoms with Crippen molar-refractivity contribution in [3.63, 3.8) is 0 Å². The second-order valence-electron chi connectivity index (χ2n) is 17.7. The first-order chi connectivity index (χ1) is 29.3. The summed E-state index contributed by atoms with van der Waals surface area (Å²) < 4.78 is 68.4. The molecule has 1 unspecified atom stereocenters. The van der Waals surface area contributed by atoms with Crippen molar-refractivity contribution in [2.75, 3.05) is 18.5 Å². The lowest BCUT2D eigenvalue weighted by atomic mass is 9.44. The van der Waals surface area contributed by atoms with Crippen LogP contribution in [0.5, 0.6) is 5.75 Å². The number of fused-ring (bicyclic) bond motifs is 7. The summed E-state index contributed by atoms with van der Waals surface area (Å²) in [7, 11) is 0. The van der Waals surface area contributed by atoms with Crippen LogP contribution in [0.3, 0.4) is 0 Å². The number of Topliss-reactive ketones (excluding diaryl/α,β-unsaturated/α-hetero) is 1. The van der Waals surface area contributed by atoms with Crippen LogP contribution >= 0.6 is 15.9 Å². The fraction of sp³-hybridized carbons (Fsp3) is 0.628. The minimum Gasteiger partial charge on any atom is -0.490 e. The largest absolute Gasteiger partial charge is 0.490 e. The molecule has 1 aliphatic heterocycles. The summed E-state index contributed by atoms with van der Waals surface area (Å²) in [5.74, 6) is -6.59. The lowest BCUT2D eigenvalue weighted by Gasteiger charge is -2.63. The van der Waals surface area contributed by atoms with E-state index in [2.05, 4.69) is 31.9 Å². The van der Waals surface area contributed by atoms with Crippen molar-refractivity contribution in [2.45, 2.75) is 126 Å². The molecule has 11 atom stereocenters. The molecule has 5 aliphatic carbocycles. The maximum atomic E-state index is 17.7. The Kier molecular flexibility index (Phi) is 12.9. The van der Waals surface area contributed by atoms with Crippen molar-refractivity contribution in [3.8, 4) is 5.75 Å². The summed E-state index contributed by atoms with van der Waals surface area (Å²) in [4.78, 5) is 74.2. The van der Waals surface area contributed by atoms with Crippen molar-refractivity contribution < 1.29 is 71.5 Å². The standard InChI is InChI=1S/C43H51BrF3N3O12/c1-40-12-11-22(52)13-28(40)30(46)15-27-26-16-34-43(33(54)20-51,41(26,2)17-32(53)42(27,40)47)62-39(61-34)25-8-7-24(14-29(25)45)60-23-5-3-21(4-6-23)49-38(59)31(9-10-37(57)58)50-36(56)19-48-35(55)18-44/h7-8,11-14,21,23,26-27,30-32,34,39,51,53H,3-6,9-10,15-20H2,1-2H3,(H,48,55)(H,49,59)(H,50,56)(H,57,58)/t21?,23?,26?,27-,30-,31-,32-,34+,39+,40-,41-,42-,43+/m0/s1. The third-order valence-corrected chi connectivity index (χ3v) is 14.9. The molecule has 15 nitrogen and oxygen atoms in total. The van der Waals surface area contributed by atoms with Crippen LogP contribution in [0.15, 0.2) is 42.0 Å². The van der Waals surface area contributed by atoms with Crippen molar-refractivity contribution in [3.05, 3.63) is 53.4 Å². The average molecular weight is 939 g/mol. The van der Waals surface area contributed by atoms with Crippen molar-refractivity contribution >= 4 is 51.2 Å². The molecule has 1 aromatic carbocycles. The molecule has 3 amide bonds. The van der Waals surface area contributed by atoms with Crippen LogP contribution in [-0.4, -0.2) is 117 Å². The predicted molar refractivity (Wildman–Crippen MR) is 214 cm³/mol. The van der Waals surface area contributed by atoms with Gasteiger partial charge in [-0.3, -0.25) is 28.8 Å². The average Bonchev–Trinajstić information content (AvgIpc) is 3.73. The van der Waals surface area contributed by atoms with E-state index in [1.165, 1.54) is 31.2 Å². The third-order valence-electron chi connectivity index (χ3n) is 14.3. The zero-order valence-electron chi connectivity index (χ0n) is 34.2. The number of carbonyl (C=O) groups excluding carboxylic acids is 5. The number of carboxylic acids is 1. The SMILES string of the molecule is C[C@]12C=CC(=O)C=C1[C@@H](F)C[C@H]1C3C[C@H]4O[C@@H](c5ccc(OC6CCC(NC(=O)[C@H](CCC(=O)O)NC(=O)CNC(=O)CBr)CC6)cc5F)O[C@@]4(C(=O)CO)[C@@]3(C)C[C@H](O)[C@@]12F. The minimum absolute atomic E-state index is 0.00682. The number of benzene rings is 1. The lowest BCUT2D eigenvalue weighted by Crippen LogP contribution is -2.70. The second-order valence-corrected chi connectivity index (χ2v) is 18.3. The number of carboxylic acid groups (broad SMARTS) is 1. The molecule has 62 heavy (non-hydrogen) atoms. The fourth-order valence-electron chi connectivity index (χ4n) is 11.3. The van der Waals surface area contributed by atoms with Gasteiger partial charge in [-0.1, -0.05) is 28.9 Å². The molecule has 0 aromatic heterocycles. The fourth-order valence-corrected chi connectivity index (χ4v) is 11.5. The van der Waals surface area contributed by atoms with Crippen molar-refractivity contribution in [2.24, 2.45) is 22.7 Å². The van der Waals surface area contributed by atoms with Crippen LogP contribution in [0.1, 0.15) is 83.5 Å². The normalized spacial score (nSPS) is 37.4. The molecule has 0 radical (unpaired) electrons. The summed E-state index contributed by atoms with van der Waals surface area (Å²) in [5, 5.41) is 38.8. The number of ether oxygens (including phenoxy) is 3. The highest BCUT2D eigenvalue weighted by Crippen LogP contribution is 2.72. The molecule has 6 aliphatic rings. The van der Waals surface area contributed by atoms with E-state index in [1.807, 2.05) is 0 Å². The zero-order chi connectivity index (χ0) is 44.9. The van der Waals surface area contributed by atoms with Gasteiger partial charge in [0.15, 0.2) is 29.1 Å². The molecule has 1 heterocycles. The Bertz CT molecular complexity index is 2070. The van der Waals surface area contributed by atoms with Gasteiger partial charge in [-0.15, -0.1) is 0 Å². The van der Waals surface area contributed by atoms with E-state index in [9.17, 15) is 39.0 Å². The van der Waals surface area contributed by atoms with E-state index < -0.39 is 119 Å². The molecule has 5 fully saturated rings. The van der Waals surface area contributed by atoms with Gasteiger partial charge < -0.3 is 45.5 Å². The molecule has 1 saturated heterocycles. The van der Waals surface area contributed by atoms with Crippen LogP contribution in [0.4, 0.5) is 13.2 Å². The number of hydrogen-bond acceptors (Lipinski definition) is 11. The van der Waals surface area contributed by atoms with Gasteiger partial charge in [0.05, 0.1) is 30.2 Å². The Morgan fingerprint density at radius 3 is 2.45 bits per heavy atom. The van der Waals surface area contributed by atoms with E-state index in [0.29, 0.717) is 25.7 Å². The Balaban J connectivity index is 0.995. The Morgan fingerprint density at radius 2 is 1.79 bits per heavy atom. The van der Waals surface area contributed by atoms with Gasteiger partial charge in [0.25, 0.3) is 0 Å². The van der Waals surface area contributed by atoms with E-state index in [1.54, 1.807) is 6.92 Å². The van der Waals surface area contributed by atoms with Gasteiger partial charge in [0, 0.05) is 40.8 Å². The van der Waals surface area contributed by atoms with Gasteiger partial charge in [-0.25, -0.2) is 13.2 Å². The second kappa shape index (κ2) is 17.4. The minimum atomic E-state index is -2.42. The van der Waals surface area contributed by atoms with Gasteiger partial charge in [-0.05, 0) is 94.1 Å². The number of aliphatic carboxylic acids is 1. The quantitative estimate of drug-likeness (QED) is 0.148. The molecular formula is C43H51BrF3N3O12. The first kappa shape index (κ1) is 45.8. The first-order valence-corrected chi connectivity index (χ1v) is 22.0. The number of amides is 3. The van der Waals surface area contributed by atoms with Crippen LogP contribution in [0.25, 0.3) is 0 Å². The van der Waals surface area contributed by atoms with Gasteiger partial charge in [0.2, 0.25) is 17.7 Å². The first-order valence-electron chi connectivity index (χ1n) is 20.8. The summed E-state index contributed by atoms with van der Waals surface area (Å²) in [6, 6.07) is 2.57. The van der Waals surface area contributed by atoms with Gasteiger partial charge in [-0.2, -0.15) is 0 Å². The number of halogens is 4. The smallest absolute Gasteiger partial charge is 0.303 e. The molecule has 6 N–H and O–H groups in total. The number of ketones is 2. The number of nitrogens with one attached hydrogen (secondary N) is 3. The predicted octanol–water partition coefficient (Wildman–Crippen LogP) is 3.14. The van der Waals surface area contributed by atoms with Crippen LogP contribution in [0.2, 0.25) is 0 Å². The van der Waals surface area contributed by atoms with Gasteiger partial charge >= 0.3 is 5.97 Å². The molecule has 1 aromatic rings.